The zero-order chi connectivity index (χ0) is 11.3. The lowest BCUT2D eigenvalue weighted by molar-refractivity contribution is 0.164. The van der Waals surface area contributed by atoms with Crippen molar-refractivity contribution in [1.29, 1.82) is 0 Å². The molecule has 0 radical (unpaired) electrons. The van der Waals surface area contributed by atoms with Gasteiger partial charge in [0.15, 0.2) is 0 Å². The van der Waals surface area contributed by atoms with Crippen molar-refractivity contribution in [3.05, 3.63) is 0 Å². The van der Waals surface area contributed by atoms with Crippen molar-refractivity contribution in [3.63, 3.8) is 0 Å². The van der Waals surface area contributed by atoms with Crippen LogP contribution >= 0.6 is 0 Å². The molecular weight excluding hydrogens is 184 g/mol. The van der Waals surface area contributed by atoms with Gasteiger partial charge in [-0.05, 0) is 32.9 Å². The van der Waals surface area contributed by atoms with E-state index in [4.69, 9.17) is 0 Å². The van der Waals surface area contributed by atoms with E-state index >= 15 is 0 Å². The molecule has 0 aromatic rings. The van der Waals surface area contributed by atoms with Gasteiger partial charge in [0.25, 0.3) is 0 Å². The first-order valence-corrected chi connectivity index (χ1v) is 6.52. The molecule has 15 heavy (non-hydrogen) atoms. The molecule has 0 amide bonds. The summed E-state index contributed by atoms with van der Waals surface area (Å²) in [7, 11) is 4.38. The number of nitrogens with zero attached hydrogens (tertiary/aromatic N) is 1. The average molecular weight is 212 g/mol. The Bertz CT molecular complexity index is 162. The van der Waals surface area contributed by atoms with Crippen molar-refractivity contribution in [2.45, 2.75) is 58.0 Å². The number of nitrogens with one attached hydrogen (secondary N) is 1. The van der Waals surface area contributed by atoms with Crippen LogP contribution in [0.15, 0.2) is 0 Å². The van der Waals surface area contributed by atoms with E-state index in [-0.39, 0.29) is 0 Å². The summed E-state index contributed by atoms with van der Waals surface area (Å²) in [5.74, 6) is 0.723. The fraction of sp³-hybridized carbons (Fsp3) is 1.00. The van der Waals surface area contributed by atoms with Gasteiger partial charge in [0, 0.05) is 18.6 Å². The quantitative estimate of drug-likeness (QED) is 0.753. The predicted octanol–water partition coefficient (Wildman–Crippen LogP) is 2.49. The Morgan fingerprint density at radius 3 is 2.27 bits per heavy atom. The van der Waals surface area contributed by atoms with Gasteiger partial charge in [0.1, 0.15) is 0 Å². The molecule has 1 N–H and O–H groups in total. The van der Waals surface area contributed by atoms with Gasteiger partial charge in [0.2, 0.25) is 0 Å². The topological polar surface area (TPSA) is 15.3 Å². The molecule has 1 rings (SSSR count). The molecule has 0 aromatic carbocycles. The van der Waals surface area contributed by atoms with E-state index in [2.05, 4.69) is 38.2 Å². The van der Waals surface area contributed by atoms with Gasteiger partial charge in [-0.15, -0.1) is 0 Å². The highest BCUT2D eigenvalue weighted by molar-refractivity contribution is 4.78. The minimum atomic E-state index is 0.636. The van der Waals surface area contributed by atoms with Gasteiger partial charge >= 0.3 is 0 Å². The van der Waals surface area contributed by atoms with E-state index in [0.29, 0.717) is 6.04 Å². The van der Waals surface area contributed by atoms with E-state index < -0.39 is 0 Å². The summed E-state index contributed by atoms with van der Waals surface area (Å²) in [5, 5.41) is 3.43. The van der Waals surface area contributed by atoms with E-state index in [1.807, 2.05) is 0 Å². The summed E-state index contributed by atoms with van der Waals surface area (Å²) in [6.07, 6.45) is 7.13. The molecule has 0 heterocycles. The van der Waals surface area contributed by atoms with Crippen LogP contribution in [0.1, 0.15) is 46.0 Å². The van der Waals surface area contributed by atoms with Gasteiger partial charge in [-0.3, -0.25) is 0 Å². The molecule has 0 aliphatic heterocycles. The van der Waals surface area contributed by atoms with Crippen LogP contribution in [-0.4, -0.2) is 37.6 Å². The fourth-order valence-electron chi connectivity index (χ4n) is 2.62. The largest absolute Gasteiger partial charge is 0.315 e. The van der Waals surface area contributed by atoms with Crippen molar-refractivity contribution in [2.75, 3.05) is 20.6 Å². The van der Waals surface area contributed by atoms with Crippen LogP contribution in [0.4, 0.5) is 0 Å². The first kappa shape index (κ1) is 13.0. The highest BCUT2D eigenvalue weighted by Gasteiger charge is 2.21. The van der Waals surface area contributed by atoms with Crippen molar-refractivity contribution >= 4 is 0 Å². The number of likely N-dealkylation sites (N-methyl/N-ethyl adjacent to an activating group) is 2. The molecule has 2 nitrogen and oxygen atoms in total. The number of rotatable bonds is 5. The van der Waals surface area contributed by atoms with Crippen LogP contribution in [0, 0.1) is 5.92 Å². The molecule has 0 bridgehead atoms. The zero-order valence-electron chi connectivity index (χ0n) is 10.9. The van der Waals surface area contributed by atoms with Crippen LogP contribution in [0.2, 0.25) is 0 Å². The summed E-state index contributed by atoms with van der Waals surface area (Å²) in [6.45, 7) is 5.80. The average Bonchev–Trinajstić information content (AvgIpc) is 2.26. The van der Waals surface area contributed by atoms with Crippen molar-refractivity contribution in [2.24, 2.45) is 5.92 Å². The monoisotopic (exact) mass is 212 g/mol. The Kier molecular flexibility index (Phi) is 5.62. The van der Waals surface area contributed by atoms with E-state index in [1.54, 1.807) is 0 Å². The molecule has 90 valence electrons. The highest BCUT2D eigenvalue weighted by Crippen LogP contribution is 2.22. The van der Waals surface area contributed by atoms with E-state index in [9.17, 15) is 0 Å². The molecule has 0 aromatic heterocycles. The predicted molar refractivity (Wildman–Crippen MR) is 67.2 cm³/mol. The maximum atomic E-state index is 3.43. The Labute approximate surface area is 95.4 Å². The van der Waals surface area contributed by atoms with Gasteiger partial charge in [-0.25, -0.2) is 0 Å². The third kappa shape index (κ3) is 4.12. The lowest BCUT2D eigenvalue weighted by Crippen LogP contribution is -2.45. The molecule has 1 unspecified atom stereocenters. The lowest BCUT2D eigenvalue weighted by Gasteiger charge is -2.34. The molecule has 0 spiro atoms. The van der Waals surface area contributed by atoms with Crippen LogP contribution in [-0.2, 0) is 0 Å². The molecule has 1 saturated carbocycles. The third-order valence-electron chi connectivity index (χ3n) is 3.86. The van der Waals surface area contributed by atoms with Gasteiger partial charge < -0.3 is 10.2 Å². The Morgan fingerprint density at radius 1 is 1.20 bits per heavy atom. The molecule has 1 aliphatic carbocycles. The summed E-state index contributed by atoms with van der Waals surface area (Å²) in [4.78, 5) is 2.57. The molecule has 1 aliphatic rings. The first-order chi connectivity index (χ1) is 7.15. The maximum Gasteiger partial charge on any atom is 0.0214 e. The van der Waals surface area contributed by atoms with Crippen LogP contribution in [0.25, 0.3) is 0 Å². The molecule has 1 fully saturated rings. The lowest BCUT2D eigenvalue weighted by atomic mass is 9.93. The Morgan fingerprint density at radius 2 is 1.80 bits per heavy atom. The van der Waals surface area contributed by atoms with Crippen molar-refractivity contribution in [1.82, 2.24) is 10.2 Å². The third-order valence-corrected chi connectivity index (χ3v) is 3.86. The second kappa shape index (κ2) is 6.49. The van der Waals surface area contributed by atoms with Gasteiger partial charge in [-0.2, -0.15) is 0 Å². The summed E-state index contributed by atoms with van der Waals surface area (Å²) in [5.41, 5.74) is 0. The second-order valence-corrected chi connectivity index (χ2v) is 5.37. The van der Waals surface area contributed by atoms with Gasteiger partial charge in [-0.1, -0.05) is 33.1 Å². The first-order valence-electron chi connectivity index (χ1n) is 6.52. The van der Waals surface area contributed by atoms with E-state index in [1.165, 1.54) is 38.6 Å². The minimum Gasteiger partial charge on any atom is -0.315 e. The van der Waals surface area contributed by atoms with Crippen LogP contribution in [0.5, 0.6) is 0 Å². The van der Waals surface area contributed by atoms with E-state index in [0.717, 1.165) is 12.0 Å². The molecule has 1 atom stereocenters. The fourth-order valence-corrected chi connectivity index (χ4v) is 2.62. The summed E-state index contributed by atoms with van der Waals surface area (Å²) in [6, 6.07) is 1.48. The maximum absolute atomic E-state index is 3.43. The zero-order valence-corrected chi connectivity index (χ0v) is 10.9. The van der Waals surface area contributed by atoms with Crippen molar-refractivity contribution in [3.8, 4) is 0 Å². The number of hydrogen-bond donors (Lipinski definition) is 1. The second-order valence-electron chi connectivity index (χ2n) is 5.37. The molecular formula is C13H28N2. The summed E-state index contributed by atoms with van der Waals surface area (Å²) >= 11 is 0. The summed E-state index contributed by atoms with van der Waals surface area (Å²) < 4.78 is 0. The van der Waals surface area contributed by atoms with Gasteiger partial charge in [0.05, 0.1) is 0 Å². The Hall–Kier alpha value is -0.0800. The highest BCUT2D eigenvalue weighted by atomic mass is 15.2. The van der Waals surface area contributed by atoms with Crippen LogP contribution in [0.3, 0.4) is 0 Å². The standard InChI is InChI=1S/C13H28N2/c1-11(2)13(14-3)10-15(4)12-8-6-5-7-9-12/h11-14H,5-10H2,1-4H3. The smallest absolute Gasteiger partial charge is 0.0214 e. The normalized spacial score (nSPS) is 21.2. The molecule has 2 heteroatoms. The Balaban J connectivity index is 2.34. The van der Waals surface area contributed by atoms with Crippen molar-refractivity contribution < 1.29 is 0 Å². The number of hydrogen-bond acceptors (Lipinski definition) is 2. The SMILES string of the molecule is CNC(CN(C)C1CCCCC1)C(C)C. The minimum absolute atomic E-state index is 0.636. The molecule has 0 saturated heterocycles. The van der Waals surface area contributed by atoms with Crippen LogP contribution < -0.4 is 5.32 Å².